The zero-order chi connectivity index (χ0) is 13.1. The highest BCUT2D eigenvalue weighted by Gasteiger charge is 2.34. The summed E-state index contributed by atoms with van der Waals surface area (Å²) in [6.45, 7) is 1.32. The van der Waals surface area contributed by atoms with Crippen LogP contribution in [0.1, 0.15) is 19.8 Å². The van der Waals surface area contributed by atoms with Gasteiger partial charge >= 0.3 is 12.2 Å². The summed E-state index contributed by atoms with van der Waals surface area (Å²) in [5.74, 6) is 0. The third kappa shape index (κ3) is 4.41. The lowest BCUT2D eigenvalue weighted by Crippen LogP contribution is -2.53. The highest BCUT2D eigenvalue weighted by Crippen LogP contribution is 2.23. The van der Waals surface area contributed by atoms with Crippen molar-refractivity contribution in [2.75, 3.05) is 26.7 Å². The van der Waals surface area contributed by atoms with Gasteiger partial charge in [-0.25, -0.2) is 4.79 Å². The lowest BCUT2D eigenvalue weighted by molar-refractivity contribution is -0.123. The number of carbonyl (C=O) groups is 1. The number of alkyl halides is 3. The summed E-state index contributed by atoms with van der Waals surface area (Å²) < 4.78 is 41.1. The average molecular weight is 254 g/mol. The number of nitrogens with zero attached hydrogens (tertiary/aromatic N) is 1. The molecule has 17 heavy (non-hydrogen) atoms. The maximum Gasteiger partial charge on any atom is 0.405 e. The van der Waals surface area contributed by atoms with Crippen LogP contribution in [0.15, 0.2) is 0 Å². The first-order valence-electron chi connectivity index (χ1n) is 5.40. The molecule has 0 saturated carbocycles. The van der Waals surface area contributed by atoms with E-state index in [1.807, 2.05) is 12.2 Å². The molecular weight excluding hydrogens is 237 g/mol. The van der Waals surface area contributed by atoms with Gasteiger partial charge in [0.25, 0.3) is 0 Å². The molecule has 2 amide bonds. The van der Waals surface area contributed by atoms with Gasteiger partial charge in [-0.05, 0) is 19.8 Å². The normalized spacial score (nSPS) is 25.8. The molecule has 1 aliphatic heterocycles. The van der Waals surface area contributed by atoms with Crippen LogP contribution in [0.2, 0.25) is 0 Å². The van der Waals surface area contributed by atoms with Crippen molar-refractivity contribution in [1.29, 1.82) is 0 Å². The minimum atomic E-state index is -4.38. The standard InChI is InChI=1S/C10H17F3N2O2/c1-9(17-2)4-3-5-15(7-9)8(16)14-6-10(11,12)13/h3-7H2,1-2H3,(H,14,16). The number of piperidine rings is 1. The summed E-state index contributed by atoms with van der Waals surface area (Å²) in [6.07, 6.45) is -2.85. The van der Waals surface area contributed by atoms with E-state index in [4.69, 9.17) is 4.74 Å². The molecule has 0 aromatic rings. The summed E-state index contributed by atoms with van der Waals surface area (Å²) in [5.41, 5.74) is -0.464. The highest BCUT2D eigenvalue weighted by molar-refractivity contribution is 5.74. The number of urea groups is 1. The van der Waals surface area contributed by atoms with Crippen molar-refractivity contribution in [2.24, 2.45) is 0 Å². The molecule has 1 N–H and O–H groups in total. The molecule has 100 valence electrons. The van der Waals surface area contributed by atoms with Gasteiger partial charge in [0.15, 0.2) is 0 Å². The fraction of sp³-hybridized carbons (Fsp3) is 0.900. The van der Waals surface area contributed by atoms with Crippen LogP contribution in [0.25, 0.3) is 0 Å². The second kappa shape index (κ2) is 5.12. The molecule has 1 saturated heterocycles. The first kappa shape index (κ1) is 14.1. The number of rotatable bonds is 2. The van der Waals surface area contributed by atoms with Crippen LogP contribution in [0.4, 0.5) is 18.0 Å². The monoisotopic (exact) mass is 254 g/mol. The Bertz CT molecular complexity index is 283. The summed E-state index contributed by atoms with van der Waals surface area (Å²) in [4.78, 5) is 12.9. The van der Waals surface area contributed by atoms with Crippen LogP contribution >= 0.6 is 0 Å². The predicted octanol–water partition coefficient (Wildman–Crippen LogP) is 1.76. The fourth-order valence-corrected chi connectivity index (χ4v) is 1.83. The molecule has 1 unspecified atom stereocenters. The van der Waals surface area contributed by atoms with E-state index in [9.17, 15) is 18.0 Å². The van der Waals surface area contributed by atoms with Gasteiger partial charge in [-0.3, -0.25) is 0 Å². The van der Waals surface area contributed by atoms with E-state index in [0.717, 1.165) is 12.8 Å². The maximum atomic E-state index is 11.9. The molecule has 1 aliphatic rings. The van der Waals surface area contributed by atoms with Crippen LogP contribution in [-0.4, -0.2) is 49.5 Å². The first-order chi connectivity index (χ1) is 7.76. The number of carbonyl (C=O) groups excluding carboxylic acids is 1. The highest BCUT2D eigenvalue weighted by atomic mass is 19.4. The van der Waals surface area contributed by atoms with Crippen molar-refractivity contribution >= 4 is 6.03 Å². The smallest absolute Gasteiger partial charge is 0.377 e. The quantitative estimate of drug-likeness (QED) is 0.815. The lowest BCUT2D eigenvalue weighted by Gasteiger charge is -2.39. The Balaban J connectivity index is 2.47. The summed E-state index contributed by atoms with van der Waals surface area (Å²) >= 11 is 0. The molecule has 4 nitrogen and oxygen atoms in total. The second-order valence-corrected chi connectivity index (χ2v) is 4.45. The Kier molecular flexibility index (Phi) is 4.24. The van der Waals surface area contributed by atoms with Crippen LogP contribution < -0.4 is 5.32 Å². The molecule has 0 aromatic heterocycles. The minimum Gasteiger partial charge on any atom is -0.377 e. The van der Waals surface area contributed by atoms with Crippen LogP contribution in [0.5, 0.6) is 0 Å². The van der Waals surface area contributed by atoms with Gasteiger partial charge in [0.05, 0.1) is 12.1 Å². The SMILES string of the molecule is COC1(C)CCCN(C(=O)NCC(F)(F)F)C1. The van der Waals surface area contributed by atoms with Crippen molar-refractivity contribution in [1.82, 2.24) is 10.2 Å². The number of amides is 2. The predicted molar refractivity (Wildman–Crippen MR) is 55.7 cm³/mol. The van der Waals surface area contributed by atoms with Crippen LogP contribution in [0, 0.1) is 0 Å². The van der Waals surface area contributed by atoms with Gasteiger partial charge in [-0.1, -0.05) is 0 Å². The first-order valence-corrected chi connectivity index (χ1v) is 5.40. The van der Waals surface area contributed by atoms with Crippen molar-refractivity contribution in [2.45, 2.75) is 31.5 Å². The summed E-state index contributed by atoms with van der Waals surface area (Å²) in [6, 6.07) is -0.690. The molecule has 0 spiro atoms. The largest absolute Gasteiger partial charge is 0.405 e. The molecule has 1 heterocycles. The molecule has 0 aromatic carbocycles. The maximum absolute atomic E-state index is 11.9. The molecule has 1 fully saturated rings. The summed E-state index contributed by atoms with van der Waals surface area (Å²) in [7, 11) is 1.54. The van der Waals surface area contributed by atoms with Crippen molar-refractivity contribution < 1.29 is 22.7 Å². The van der Waals surface area contributed by atoms with E-state index in [0.29, 0.717) is 13.1 Å². The zero-order valence-corrected chi connectivity index (χ0v) is 9.93. The number of nitrogens with one attached hydrogen (secondary N) is 1. The Hall–Kier alpha value is -0.980. The van der Waals surface area contributed by atoms with Crippen LogP contribution in [0.3, 0.4) is 0 Å². The Labute approximate surface area is 98.1 Å². The fourth-order valence-electron chi connectivity index (χ4n) is 1.83. The number of methoxy groups -OCH3 is 1. The van der Waals surface area contributed by atoms with Crippen molar-refractivity contribution in [3.8, 4) is 0 Å². The van der Waals surface area contributed by atoms with E-state index in [1.165, 1.54) is 12.0 Å². The minimum absolute atomic E-state index is 0.313. The van der Waals surface area contributed by atoms with E-state index < -0.39 is 24.4 Å². The van der Waals surface area contributed by atoms with Crippen molar-refractivity contribution in [3.05, 3.63) is 0 Å². The second-order valence-electron chi connectivity index (χ2n) is 4.45. The number of halogens is 3. The Morgan fingerprint density at radius 3 is 2.71 bits per heavy atom. The van der Waals surface area contributed by atoms with Gasteiger partial charge < -0.3 is 15.0 Å². The Morgan fingerprint density at radius 1 is 1.53 bits per heavy atom. The molecule has 7 heteroatoms. The van der Waals surface area contributed by atoms with E-state index in [-0.39, 0.29) is 0 Å². The van der Waals surface area contributed by atoms with Gasteiger partial charge in [0.2, 0.25) is 0 Å². The summed E-state index contributed by atoms with van der Waals surface area (Å²) in [5, 5.41) is 1.86. The third-order valence-corrected chi connectivity index (χ3v) is 2.88. The topological polar surface area (TPSA) is 41.6 Å². The third-order valence-electron chi connectivity index (χ3n) is 2.88. The van der Waals surface area contributed by atoms with Gasteiger partial charge in [-0.2, -0.15) is 13.2 Å². The van der Waals surface area contributed by atoms with Crippen LogP contribution in [-0.2, 0) is 4.74 Å². The molecular formula is C10H17F3N2O2. The average Bonchev–Trinajstić information content (AvgIpc) is 2.25. The van der Waals surface area contributed by atoms with E-state index >= 15 is 0 Å². The van der Waals surface area contributed by atoms with E-state index in [1.54, 1.807) is 0 Å². The zero-order valence-electron chi connectivity index (χ0n) is 9.93. The lowest BCUT2D eigenvalue weighted by atomic mass is 9.95. The Morgan fingerprint density at radius 2 is 2.18 bits per heavy atom. The van der Waals surface area contributed by atoms with E-state index in [2.05, 4.69) is 0 Å². The van der Waals surface area contributed by atoms with Gasteiger partial charge in [0, 0.05) is 13.7 Å². The number of hydrogen-bond acceptors (Lipinski definition) is 2. The molecule has 0 aliphatic carbocycles. The van der Waals surface area contributed by atoms with Gasteiger partial charge in [-0.15, -0.1) is 0 Å². The molecule has 1 atom stereocenters. The number of likely N-dealkylation sites (tertiary alicyclic amines) is 1. The molecule has 0 radical (unpaired) electrons. The van der Waals surface area contributed by atoms with Crippen molar-refractivity contribution in [3.63, 3.8) is 0 Å². The molecule has 1 rings (SSSR count). The number of ether oxygens (including phenoxy) is 1. The molecule has 0 bridgehead atoms. The number of hydrogen-bond donors (Lipinski definition) is 1. The van der Waals surface area contributed by atoms with Gasteiger partial charge in [0.1, 0.15) is 6.54 Å².